The zero-order valence-electron chi connectivity index (χ0n) is 10.7. The zero-order valence-corrected chi connectivity index (χ0v) is 10.7. The van der Waals surface area contributed by atoms with Crippen LogP contribution in [0.15, 0.2) is 24.5 Å². The predicted octanol–water partition coefficient (Wildman–Crippen LogP) is 2.39. The van der Waals surface area contributed by atoms with E-state index in [1.54, 1.807) is 0 Å². The van der Waals surface area contributed by atoms with Crippen molar-refractivity contribution in [3.8, 4) is 0 Å². The maximum Gasteiger partial charge on any atom is 0.0641 e. The number of rotatable bonds is 5. The summed E-state index contributed by atoms with van der Waals surface area (Å²) >= 11 is 0. The largest absolute Gasteiger partial charge is 0.364 e. The van der Waals surface area contributed by atoms with Crippen LogP contribution in [0.4, 0.5) is 0 Å². The lowest BCUT2D eigenvalue weighted by molar-refractivity contribution is 0.566. The second-order valence-electron chi connectivity index (χ2n) is 4.32. The Morgan fingerprint density at radius 3 is 2.94 bits per heavy atom. The number of aromatic amines is 1. The highest BCUT2D eigenvalue weighted by atomic mass is 15.3. The SMILES string of the molecule is CCn1cc(C(C)NCc2ccc[nH]2)c(C)n1. The van der Waals surface area contributed by atoms with Gasteiger partial charge in [0.1, 0.15) is 0 Å². The van der Waals surface area contributed by atoms with E-state index in [0.717, 1.165) is 18.8 Å². The second-order valence-corrected chi connectivity index (χ2v) is 4.32. The van der Waals surface area contributed by atoms with E-state index in [4.69, 9.17) is 0 Å². The van der Waals surface area contributed by atoms with Crippen LogP contribution in [0.2, 0.25) is 0 Å². The standard InChI is InChI=1S/C13H20N4/c1-4-17-9-13(11(3)16-17)10(2)15-8-12-6-5-7-14-12/h5-7,9-10,14-15H,4,8H2,1-3H3. The van der Waals surface area contributed by atoms with Gasteiger partial charge in [0.25, 0.3) is 0 Å². The normalized spacial score (nSPS) is 12.9. The van der Waals surface area contributed by atoms with Crippen LogP contribution in [0.1, 0.15) is 36.8 Å². The van der Waals surface area contributed by atoms with Crippen molar-refractivity contribution in [3.05, 3.63) is 41.5 Å². The summed E-state index contributed by atoms with van der Waals surface area (Å²) in [7, 11) is 0. The Morgan fingerprint density at radius 1 is 1.53 bits per heavy atom. The lowest BCUT2D eigenvalue weighted by atomic mass is 10.1. The summed E-state index contributed by atoms with van der Waals surface area (Å²) in [5.41, 5.74) is 3.59. The number of H-pyrrole nitrogens is 1. The molecule has 0 spiro atoms. The highest BCUT2D eigenvalue weighted by Crippen LogP contribution is 2.16. The van der Waals surface area contributed by atoms with Crippen LogP contribution in [0.3, 0.4) is 0 Å². The van der Waals surface area contributed by atoms with E-state index in [0.29, 0.717) is 6.04 Å². The minimum Gasteiger partial charge on any atom is -0.364 e. The summed E-state index contributed by atoms with van der Waals surface area (Å²) in [4.78, 5) is 3.19. The minimum atomic E-state index is 0.318. The summed E-state index contributed by atoms with van der Waals surface area (Å²) in [6.45, 7) is 8.11. The van der Waals surface area contributed by atoms with Gasteiger partial charge in [0.15, 0.2) is 0 Å². The van der Waals surface area contributed by atoms with Gasteiger partial charge < -0.3 is 10.3 Å². The number of nitrogens with zero attached hydrogens (tertiary/aromatic N) is 2. The minimum absolute atomic E-state index is 0.318. The van der Waals surface area contributed by atoms with Gasteiger partial charge in [-0.2, -0.15) is 5.10 Å². The van der Waals surface area contributed by atoms with E-state index in [9.17, 15) is 0 Å². The molecule has 0 aliphatic heterocycles. The summed E-state index contributed by atoms with van der Waals surface area (Å²) < 4.78 is 1.98. The molecule has 2 N–H and O–H groups in total. The molecule has 0 bridgehead atoms. The molecular formula is C13H20N4. The Labute approximate surface area is 102 Å². The number of hydrogen-bond donors (Lipinski definition) is 2. The van der Waals surface area contributed by atoms with Gasteiger partial charge >= 0.3 is 0 Å². The smallest absolute Gasteiger partial charge is 0.0641 e. The van der Waals surface area contributed by atoms with Crippen molar-refractivity contribution in [2.45, 2.75) is 39.9 Å². The van der Waals surface area contributed by atoms with Crippen LogP contribution < -0.4 is 5.32 Å². The van der Waals surface area contributed by atoms with Gasteiger partial charge in [-0.1, -0.05) is 0 Å². The maximum absolute atomic E-state index is 4.46. The molecule has 0 radical (unpaired) electrons. The zero-order chi connectivity index (χ0) is 12.3. The molecule has 0 aliphatic rings. The van der Waals surface area contributed by atoms with Crippen LogP contribution in [0.25, 0.3) is 0 Å². The number of aromatic nitrogens is 3. The maximum atomic E-state index is 4.46. The average molecular weight is 232 g/mol. The van der Waals surface area contributed by atoms with Crippen LogP contribution in [0, 0.1) is 6.92 Å². The first kappa shape index (κ1) is 11.9. The van der Waals surface area contributed by atoms with Crippen molar-refractivity contribution < 1.29 is 0 Å². The Kier molecular flexibility index (Phi) is 3.64. The van der Waals surface area contributed by atoms with E-state index < -0.39 is 0 Å². The molecule has 0 saturated heterocycles. The van der Waals surface area contributed by atoms with E-state index in [2.05, 4.69) is 48.4 Å². The average Bonchev–Trinajstić information content (AvgIpc) is 2.94. The molecule has 92 valence electrons. The fraction of sp³-hybridized carbons (Fsp3) is 0.462. The van der Waals surface area contributed by atoms with E-state index >= 15 is 0 Å². The van der Waals surface area contributed by atoms with Gasteiger partial charge in [-0.3, -0.25) is 4.68 Å². The Bertz CT molecular complexity index is 456. The molecule has 0 amide bonds. The van der Waals surface area contributed by atoms with Crippen molar-refractivity contribution in [1.29, 1.82) is 0 Å². The number of hydrogen-bond acceptors (Lipinski definition) is 2. The van der Waals surface area contributed by atoms with Gasteiger partial charge in [0.2, 0.25) is 0 Å². The van der Waals surface area contributed by atoms with Gasteiger partial charge in [-0.15, -0.1) is 0 Å². The fourth-order valence-corrected chi connectivity index (χ4v) is 1.97. The summed E-state index contributed by atoms with van der Waals surface area (Å²) in [6, 6.07) is 4.42. The molecule has 0 fully saturated rings. The van der Waals surface area contributed by atoms with E-state index in [1.165, 1.54) is 11.3 Å². The van der Waals surface area contributed by atoms with Crippen molar-refractivity contribution in [3.63, 3.8) is 0 Å². The van der Waals surface area contributed by atoms with Gasteiger partial charge in [0.05, 0.1) is 5.69 Å². The quantitative estimate of drug-likeness (QED) is 0.831. The molecule has 17 heavy (non-hydrogen) atoms. The molecular weight excluding hydrogens is 212 g/mol. The molecule has 0 saturated carbocycles. The number of aryl methyl sites for hydroxylation is 2. The fourth-order valence-electron chi connectivity index (χ4n) is 1.97. The third-order valence-corrected chi connectivity index (χ3v) is 3.04. The molecule has 2 rings (SSSR count). The third kappa shape index (κ3) is 2.77. The Balaban J connectivity index is 1.99. The molecule has 2 heterocycles. The summed E-state index contributed by atoms with van der Waals surface area (Å²) in [5, 5.41) is 7.96. The molecule has 4 nitrogen and oxygen atoms in total. The van der Waals surface area contributed by atoms with Crippen LogP contribution in [-0.4, -0.2) is 14.8 Å². The Hall–Kier alpha value is -1.55. The van der Waals surface area contributed by atoms with E-state index in [-0.39, 0.29) is 0 Å². The predicted molar refractivity (Wildman–Crippen MR) is 68.7 cm³/mol. The molecule has 1 unspecified atom stereocenters. The van der Waals surface area contributed by atoms with Crippen molar-refractivity contribution in [1.82, 2.24) is 20.1 Å². The first-order valence-electron chi connectivity index (χ1n) is 6.10. The van der Waals surface area contributed by atoms with Gasteiger partial charge in [-0.05, 0) is 32.9 Å². The topological polar surface area (TPSA) is 45.6 Å². The van der Waals surface area contributed by atoms with Crippen LogP contribution in [-0.2, 0) is 13.1 Å². The van der Waals surface area contributed by atoms with Crippen molar-refractivity contribution >= 4 is 0 Å². The first-order chi connectivity index (χ1) is 8.20. The van der Waals surface area contributed by atoms with Crippen molar-refractivity contribution in [2.75, 3.05) is 0 Å². The lowest BCUT2D eigenvalue weighted by Crippen LogP contribution is -2.18. The van der Waals surface area contributed by atoms with Crippen LogP contribution >= 0.6 is 0 Å². The summed E-state index contributed by atoms with van der Waals surface area (Å²) in [6.07, 6.45) is 4.07. The Morgan fingerprint density at radius 2 is 2.35 bits per heavy atom. The number of nitrogens with one attached hydrogen (secondary N) is 2. The molecule has 2 aromatic heterocycles. The highest BCUT2D eigenvalue weighted by molar-refractivity contribution is 5.19. The molecule has 0 aliphatic carbocycles. The molecule has 0 aromatic carbocycles. The molecule has 1 atom stereocenters. The van der Waals surface area contributed by atoms with Crippen molar-refractivity contribution in [2.24, 2.45) is 0 Å². The first-order valence-corrected chi connectivity index (χ1v) is 6.10. The summed E-state index contributed by atoms with van der Waals surface area (Å²) in [5.74, 6) is 0. The van der Waals surface area contributed by atoms with Gasteiger partial charge in [0, 0.05) is 42.8 Å². The second kappa shape index (κ2) is 5.19. The van der Waals surface area contributed by atoms with Gasteiger partial charge in [-0.25, -0.2) is 0 Å². The monoisotopic (exact) mass is 232 g/mol. The van der Waals surface area contributed by atoms with Crippen LogP contribution in [0.5, 0.6) is 0 Å². The molecule has 4 heteroatoms. The van der Waals surface area contributed by atoms with E-state index in [1.807, 2.05) is 16.9 Å². The highest BCUT2D eigenvalue weighted by Gasteiger charge is 2.11. The lowest BCUT2D eigenvalue weighted by Gasteiger charge is -2.12. The third-order valence-electron chi connectivity index (χ3n) is 3.04. The molecule has 2 aromatic rings.